The van der Waals surface area contributed by atoms with Crippen molar-refractivity contribution in [2.45, 2.75) is 20.3 Å². The van der Waals surface area contributed by atoms with Crippen LogP contribution >= 0.6 is 0 Å². The molecule has 0 heterocycles. The Hall–Kier alpha value is -1.42. The quantitative estimate of drug-likeness (QED) is 0.770. The molecule has 0 atom stereocenters. The van der Waals surface area contributed by atoms with Gasteiger partial charge in [0.15, 0.2) is 0 Å². The molecule has 4 heteroatoms. The van der Waals surface area contributed by atoms with Gasteiger partial charge in [0.2, 0.25) is 5.91 Å². The summed E-state index contributed by atoms with van der Waals surface area (Å²) in [5.74, 6) is -0.283. The molecule has 0 aliphatic rings. The first-order chi connectivity index (χ1) is 8.19. The van der Waals surface area contributed by atoms with Gasteiger partial charge in [0.25, 0.3) is 0 Å². The Bertz CT molecular complexity index is 351. The van der Waals surface area contributed by atoms with Crippen molar-refractivity contribution in [3.05, 3.63) is 30.1 Å². The van der Waals surface area contributed by atoms with E-state index in [-0.39, 0.29) is 11.7 Å². The molecule has 0 spiro atoms. The maximum Gasteiger partial charge on any atom is 0.240 e. The van der Waals surface area contributed by atoms with Crippen molar-refractivity contribution in [3.8, 4) is 0 Å². The van der Waals surface area contributed by atoms with E-state index in [2.05, 4.69) is 12.2 Å². The van der Waals surface area contributed by atoms with Crippen LogP contribution in [0.1, 0.15) is 20.3 Å². The van der Waals surface area contributed by atoms with Gasteiger partial charge >= 0.3 is 0 Å². The normalized spacial score (nSPS) is 10.3. The van der Waals surface area contributed by atoms with E-state index in [9.17, 15) is 9.18 Å². The summed E-state index contributed by atoms with van der Waals surface area (Å²) in [6.45, 7) is 5.68. The molecule has 0 saturated carbocycles. The molecule has 0 aromatic heterocycles. The molecule has 1 amide bonds. The van der Waals surface area contributed by atoms with Crippen LogP contribution in [0.5, 0.6) is 0 Å². The van der Waals surface area contributed by atoms with Crippen molar-refractivity contribution in [3.63, 3.8) is 0 Å². The molecule has 0 aliphatic heterocycles. The third-order valence-corrected chi connectivity index (χ3v) is 2.46. The van der Waals surface area contributed by atoms with E-state index >= 15 is 0 Å². The number of nitrogens with zero attached hydrogens (tertiary/aromatic N) is 1. The fourth-order valence-corrected chi connectivity index (χ4v) is 1.59. The number of anilines is 1. The number of amides is 1. The molecule has 1 aromatic carbocycles. The summed E-state index contributed by atoms with van der Waals surface area (Å²) in [6.07, 6.45) is 0.996. The average Bonchev–Trinajstić information content (AvgIpc) is 2.33. The lowest BCUT2D eigenvalue weighted by atomic mass is 10.2. The lowest BCUT2D eigenvalue weighted by molar-refractivity contribution is -0.117. The summed E-state index contributed by atoms with van der Waals surface area (Å²) in [6, 6.07) is 5.97. The van der Waals surface area contributed by atoms with Gasteiger partial charge < -0.3 is 10.2 Å². The third kappa shape index (κ3) is 4.15. The summed E-state index contributed by atoms with van der Waals surface area (Å²) in [4.78, 5) is 13.5. The second kappa shape index (κ2) is 7.01. The van der Waals surface area contributed by atoms with Gasteiger partial charge in [-0.25, -0.2) is 4.39 Å². The minimum absolute atomic E-state index is 0.00700. The van der Waals surface area contributed by atoms with Gasteiger partial charge in [-0.1, -0.05) is 6.92 Å². The van der Waals surface area contributed by atoms with Crippen LogP contribution in [0.2, 0.25) is 0 Å². The Balaban J connectivity index is 2.64. The Morgan fingerprint density at radius 1 is 1.29 bits per heavy atom. The van der Waals surface area contributed by atoms with Crippen LogP contribution in [0.15, 0.2) is 24.3 Å². The second-order valence-electron chi connectivity index (χ2n) is 3.79. The van der Waals surface area contributed by atoms with Crippen molar-refractivity contribution < 1.29 is 9.18 Å². The van der Waals surface area contributed by atoms with E-state index < -0.39 is 0 Å². The monoisotopic (exact) mass is 238 g/mol. The fraction of sp³-hybridized carbons (Fsp3) is 0.462. The lowest BCUT2D eigenvalue weighted by Crippen LogP contribution is -2.38. The van der Waals surface area contributed by atoms with Crippen LogP contribution in [0.4, 0.5) is 10.1 Å². The van der Waals surface area contributed by atoms with Crippen LogP contribution in [-0.2, 0) is 4.79 Å². The zero-order chi connectivity index (χ0) is 12.7. The smallest absolute Gasteiger partial charge is 0.240 e. The molecule has 1 rings (SSSR count). The summed E-state index contributed by atoms with van der Waals surface area (Å²) >= 11 is 0. The first-order valence-electron chi connectivity index (χ1n) is 5.95. The summed E-state index contributed by atoms with van der Waals surface area (Å²) in [5, 5.41) is 3.07. The van der Waals surface area contributed by atoms with Crippen molar-refractivity contribution in [2.75, 3.05) is 24.5 Å². The minimum atomic E-state index is -0.290. The van der Waals surface area contributed by atoms with E-state index in [1.54, 1.807) is 17.0 Å². The highest BCUT2D eigenvalue weighted by Crippen LogP contribution is 2.14. The van der Waals surface area contributed by atoms with E-state index in [0.717, 1.165) is 18.7 Å². The second-order valence-corrected chi connectivity index (χ2v) is 3.79. The first kappa shape index (κ1) is 13.6. The number of halogens is 1. The highest BCUT2D eigenvalue weighted by molar-refractivity contribution is 5.94. The molecule has 0 bridgehead atoms. The van der Waals surface area contributed by atoms with Crippen LogP contribution in [0.3, 0.4) is 0 Å². The molecule has 17 heavy (non-hydrogen) atoms. The van der Waals surface area contributed by atoms with E-state index in [1.807, 2.05) is 6.92 Å². The van der Waals surface area contributed by atoms with Gasteiger partial charge in [-0.15, -0.1) is 0 Å². The molecular formula is C13H19FN2O. The van der Waals surface area contributed by atoms with E-state index in [1.165, 1.54) is 12.1 Å². The molecule has 3 nitrogen and oxygen atoms in total. The Labute approximate surface area is 102 Å². The van der Waals surface area contributed by atoms with Gasteiger partial charge in [0, 0.05) is 12.2 Å². The first-order valence-corrected chi connectivity index (χ1v) is 5.95. The Morgan fingerprint density at radius 2 is 1.94 bits per heavy atom. The van der Waals surface area contributed by atoms with Gasteiger partial charge in [-0.2, -0.15) is 0 Å². The van der Waals surface area contributed by atoms with Gasteiger partial charge in [-0.3, -0.25) is 4.79 Å². The molecule has 0 saturated heterocycles. The molecule has 0 unspecified atom stereocenters. The molecule has 0 radical (unpaired) electrons. The van der Waals surface area contributed by atoms with Crippen molar-refractivity contribution in [2.24, 2.45) is 0 Å². The number of carbonyl (C=O) groups excluding carboxylic acids is 1. The predicted molar refractivity (Wildman–Crippen MR) is 67.6 cm³/mol. The number of rotatable bonds is 6. The Kier molecular flexibility index (Phi) is 5.63. The molecule has 0 aliphatic carbocycles. The van der Waals surface area contributed by atoms with Crippen molar-refractivity contribution in [1.29, 1.82) is 0 Å². The SMILES string of the molecule is CCCNCC(=O)N(CC)c1ccc(F)cc1. The fourth-order valence-electron chi connectivity index (χ4n) is 1.59. The topological polar surface area (TPSA) is 32.3 Å². The van der Waals surface area contributed by atoms with E-state index in [0.29, 0.717) is 13.1 Å². The van der Waals surface area contributed by atoms with Crippen LogP contribution in [0.25, 0.3) is 0 Å². The number of carbonyl (C=O) groups is 1. The number of benzene rings is 1. The number of hydrogen-bond donors (Lipinski definition) is 1. The van der Waals surface area contributed by atoms with Crippen molar-refractivity contribution >= 4 is 11.6 Å². The average molecular weight is 238 g/mol. The maximum atomic E-state index is 12.8. The van der Waals surface area contributed by atoms with Gasteiger partial charge in [0.05, 0.1) is 6.54 Å². The standard InChI is InChI=1S/C13H19FN2O/c1-3-9-15-10-13(17)16(4-2)12-7-5-11(14)6-8-12/h5-8,15H,3-4,9-10H2,1-2H3. The molecular weight excluding hydrogens is 219 g/mol. The zero-order valence-corrected chi connectivity index (χ0v) is 10.4. The summed E-state index contributed by atoms with van der Waals surface area (Å²) < 4.78 is 12.8. The van der Waals surface area contributed by atoms with Crippen LogP contribution < -0.4 is 10.2 Å². The molecule has 1 N–H and O–H groups in total. The third-order valence-electron chi connectivity index (χ3n) is 2.46. The van der Waals surface area contributed by atoms with Crippen molar-refractivity contribution in [1.82, 2.24) is 5.32 Å². The summed E-state index contributed by atoms with van der Waals surface area (Å²) in [5.41, 5.74) is 0.734. The number of likely N-dealkylation sites (N-methyl/N-ethyl adjacent to an activating group) is 1. The highest BCUT2D eigenvalue weighted by atomic mass is 19.1. The van der Waals surface area contributed by atoms with Crippen LogP contribution in [-0.4, -0.2) is 25.5 Å². The minimum Gasteiger partial charge on any atom is -0.312 e. The van der Waals surface area contributed by atoms with Crippen LogP contribution in [0, 0.1) is 5.82 Å². The largest absolute Gasteiger partial charge is 0.312 e. The maximum absolute atomic E-state index is 12.8. The number of hydrogen-bond acceptors (Lipinski definition) is 2. The van der Waals surface area contributed by atoms with Gasteiger partial charge in [-0.05, 0) is 44.2 Å². The molecule has 94 valence electrons. The predicted octanol–water partition coefficient (Wildman–Crippen LogP) is 2.18. The summed E-state index contributed by atoms with van der Waals surface area (Å²) in [7, 11) is 0. The lowest BCUT2D eigenvalue weighted by Gasteiger charge is -2.21. The van der Waals surface area contributed by atoms with E-state index in [4.69, 9.17) is 0 Å². The van der Waals surface area contributed by atoms with Gasteiger partial charge in [0.1, 0.15) is 5.82 Å². The molecule has 1 aromatic rings. The number of nitrogens with one attached hydrogen (secondary N) is 1. The Morgan fingerprint density at radius 3 is 2.47 bits per heavy atom. The molecule has 0 fully saturated rings. The highest BCUT2D eigenvalue weighted by Gasteiger charge is 2.12. The zero-order valence-electron chi connectivity index (χ0n) is 10.4.